The number of halogens is 2. The Bertz CT molecular complexity index is 1280. The number of ether oxygens (including phenoxy) is 1. The lowest BCUT2D eigenvalue weighted by Gasteiger charge is -2.27. The molecular formula is C24H21Cl2NO4. The molecule has 7 heteroatoms. The van der Waals surface area contributed by atoms with Crippen molar-refractivity contribution in [1.82, 2.24) is 4.90 Å². The summed E-state index contributed by atoms with van der Waals surface area (Å²) < 4.78 is 11.8. The van der Waals surface area contributed by atoms with E-state index in [2.05, 4.69) is 0 Å². The number of benzene rings is 2. The molecule has 0 N–H and O–H groups in total. The molecule has 0 spiro atoms. The van der Waals surface area contributed by atoms with Gasteiger partial charge < -0.3 is 14.1 Å². The fraction of sp³-hybridized carbons (Fsp3) is 0.333. The molecule has 5 nitrogen and oxygen atoms in total. The molecule has 2 aliphatic heterocycles. The van der Waals surface area contributed by atoms with Gasteiger partial charge in [0.05, 0.1) is 33.1 Å². The Labute approximate surface area is 189 Å². The van der Waals surface area contributed by atoms with E-state index in [-0.39, 0.29) is 23.2 Å². The van der Waals surface area contributed by atoms with Gasteiger partial charge in [0, 0.05) is 13.2 Å². The van der Waals surface area contributed by atoms with Crippen molar-refractivity contribution in [3.05, 3.63) is 78.6 Å². The first-order valence-electron chi connectivity index (χ1n) is 10.3. The summed E-state index contributed by atoms with van der Waals surface area (Å²) >= 11 is 12.4. The molecule has 1 aromatic heterocycles. The molecule has 0 aliphatic carbocycles. The smallest absolute Gasteiger partial charge is 0.291 e. The Morgan fingerprint density at radius 3 is 2.55 bits per heavy atom. The predicted octanol–water partition coefficient (Wildman–Crippen LogP) is 5.44. The SMILES string of the molecule is Cc1cc2oc3c(c(=O)c2cc1C)[C@H](c1ccc(Cl)c(Cl)c1)N(C[C@H]1CCCO1)C3=O. The average Bonchev–Trinajstić information content (AvgIpc) is 3.34. The van der Waals surface area contributed by atoms with Gasteiger partial charge in [0.1, 0.15) is 5.58 Å². The van der Waals surface area contributed by atoms with Crippen LogP contribution in [-0.2, 0) is 4.74 Å². The van der Waals surface area contributed by atoms with Crippen molar-refractivity contribution in [2.24, 2.45) is 0 Å². The fourth-order valence-electron chi connectivity index (χ4n) is 4.50. The molecule has 2 aliphatic rings. The maximum Gasteiger partial charge on any atom is 0.291 e. The number of rotatable bonds is 3. The number of carbonyl (C=O) groups is 1. The van der Waals surface area contributed by atoms with Crippen molar-refractivity contribution in [3.63, 3.8) is 0 Å². The van der Waals surface area contributed by atoms with Crippen molar-refractivity contribution < 1.29 is 13.9 Å². The highest BCUT2D eigenvalue weighted by Crippen LogP contribution is 2.40. The van der Waals surface area contributed by atoms with Crippen LogP contribution in [0.1, 0.15) is 51.7 Å². The van der Waals surface area contributed by atoms with E-state index in [1.807, 2.05) is 26.0 Å². The third kappa shape index (κ3) is 3.36. The molecule has 3 heterocycles. The van der Waals surface area contributed by atoms with Gasteiger partial charge in [-0.1, -0.05) is 29.3 Å². The number of hydrogen-bond donors (Lipinski definition) is 0. The van der Waals surface area contributed by atoms with E-state index in [4.69, 9.17) is 32.4 Å². The van der Waals surface area contributed by atoms with E-state index in [0.717, 1.165) is 29.5 Å². The number of fused-ring (bicyclic) bond motifs is 2. The summed E-state index contributed by atoms with van der Waals surface area (Å²) in [4.78, 5) is 28.7. The molecule has 0 saturated carbocycles. The third-order valence-corrected chi connectivity index (χ3v) is 7.00. The van der Waals surface area contributed by atoms with E-state index in [0.29, 0.717) is 39.7 Å². The molecule has 31 heavy (non-hydrogen) atoms. The molecule has 3 aromatic rings. The Morgan fingerprint density at radius 2 is 1.84 bits per heavy atom. The van der Waals surface area contributed by atoms with Crippen LogP contribution in [0, 0.1) is 13.8 Å². The Hall–Kier alpha value is -2.34. The van der Waals surface area contributed by atoms with Crippen LogP contribution in [0.3, 0.4) is 0 Å². The van der Waals surface area contributed by atoms with E-state index in [9.17, 15) is 9.59 Å². The summed E-state index contributed by atoms with van der Waals surface area (Å²) in [5.74, 6) is -0.214. The van der Waals surface area contributed by atoms with Crippen LogP contribution >= 0.6 is 23.2 Å². The minimum Gasteiger partial charge on any atom is -0.450 e. The van der Waals surface area contributed by atoms with Gasteiger partial charge in [0.25, 0.3) is 5.91 Å². The largest absolute Gasteiger partial charge is 0.450 e. The van der Waals surface area contributed by atoms with Crippen molar-refractivity contribution in [3.8, 4) is 0 Å². The van der Waals surface area contributed by atoms with Gasteiger partial charge in [-0.05, 0) is 67.6 Å². The molecule has 1 fully saturated rings. The van der Waals surface area contributed by atoms with Crippen LogP contribution < -0.4 is 5.43 Å². The van der Waals surface area contributed by atoms with Gasteiger partial charge in [-0.25, -0.2) is 0 Å². The number of hydrogen-bond acceptors (Lipinski definition) is 4. The first-order chi connectivity index (χ1) is 14.8. The van der Waals surface area contributed by atoms with Crippen molar-refractivity contribution in [2.45, 2.75) is 38.8 Å². The average molecular weight is 458 g/mol. The van der Waals surface area contributed by atoms with Crippen molar-refractivity contribution in [1.29, 1.82) is 0 Å². The van der Waals surface area contributed by atoms with E-state index in [1.54, 1.807) is 23.1 Å². The zero-order valence-corrected chi connectivity index (χ0v) is 18.7. The lowest BCUT2D eigenvalue weighted by Crippen LogP contribution is -2.36. The Kier molecular flexibility index (Phi) is 5.08. The van der Waals surface area contributed by atoms with Crippen LogP contribution in [0.25, 0.3) is 11.0 Å². The minimum absolute atomic E-state index is 0.0717. The first kappa shape index (κ1) is 20.6. The second kappa shape index (κ2) is 7.66. The lowest BCUT2D eigenvalue weighted by atomic mass is 9.97. The molecular weight excluding hydrogens is 437 g/mol. The monoisotopic (exact) mass is 457 g/mol. The molecule has 5 rings (SSSR count). The summed E-state index contributed by atoms with van der Waals surface area (Å²) in [5, 5.41) is 1.25. The highest BCUT2D eigenvalue weighted by molar-refractivity contribution is 6.42. The number of aryl methyl sites for hydroxylation is 2. The van der Waals surface area contributed by atoms with E-state index < -0.39 is 6.04 Å². The molecule has 160 valence electrons. The molecule has 2 aromatic carbocycles. The fourth-order valence-corrected chi connectivity index (χ4v) is 4.81. The highest BCUT2D eigenvalue weighted by Gasteiger charge is 2.44. The maximum atomic E-state index is 13.6. The maximum absolute atomic E-state index is 13.6. The molecule has 0 unspecified atom stereocenters. The number of nitrogens with zero attached hydrogens (tertiary/aromatic N) is 1. The summed E-state index contributed by atoms with van der Waals surface area (Å²) in [6.45, 7) is 4.96. The van der Waals surface area contributed by atoms with Crippen LogP contribution in [0.5, 0.6) is 0 Å². The van der Waals surface area contributed by atoms with Crippen LogP contribution in [0.15, 0.2) is 39.5 Å². The van der Waals surface area contributed by atoms with Gasteiger partial charge in [0.2, 0.25) is 5.76 Å². The summed E-state index contributed by atoms with van der Waals surface area (Å²) in [5.41, 5.74) is 3.28. The Balaban J connectivity index is 1.73. The zero-order chi connectivity index (χ0) is 21.9. The molecule has 0 radical (unpaired) electrons. The third-order valence-electron chi connectivity index (χ3n) is 6.27. The highest BCUT2D eigenvalue weighted by atomic mass is 35.5. The van der Waals surface area contributed by atoms with Gasteiger partial charge in [-0.15, -0.1) is 0 Å². The molecule has 0 bridgehead atoms. The second-order valence-electron chi connectivity index (χ2n) is 8.28. The minimum atomic E-state index is -0.608. The van der Waals surface area contributed by atoms with Gasteiger partial charge in [-0.3, -0.25) is 9.59 Å². The van der Waals surface area contributed by atoms with Gasteiger partial charge >= 0.3 is 0 Å². The van der Waals surface area contributed by atoms with E-state index >= 15 is 0 Å². The normalized spacial score (nSPS) is 20.6. The van der Waals surface area contributed by atoms with Crippen molar-refractivity contribution in [2.75, 3.05) is 13.2 Å². The predicted molar refractivity (Wildman–Crippen MR) is 120 cm³/mol. The Morgan fingerprint density at radius 1 is 1.06 bits per heavy atom. The zero-order valence-electron chi connectivity index (χ0n) is 17.2. The van der Waals surface area contributed by atoms with Gasteiger partial charge in [-0.2, -0.15) is 0 Å². The lowest BCUT2D eigenvalue weighted by molar-refractivity contribution is 0.0486. The first-order valence-corrected chi connectivity index (χ1v) is 11.1. The topological polar surface area (TPSA) is 59.8 Å². The quantitative estimate of drug-likeness (QED) is 0.525. The summed E-state index contributed by atoms with van der Waals surface area (Å²) in [6.07, 6.45) is 1.75. The van der Waals surface area contributed by atoms with Crippen LogP contribution in [0.2, 0.25) is 10.0 Å². The van der Waals surface area contributed by atoms with E-state index in [1.165, 1.54) is 0 Å². The molecule has 1 saturated heterocycles. The standard InChI is InChI=1S/C24H21Cl2NO4/c1-12-8-16-19(9-13(12)2)31-23-20(22(16)28)21(14-5-6-17(25)18(26)10-14)27(24(23)29)11-15-4-3-7-30-15/h5-6,8-10,15,21H,3-4,7,11H2,1-2H3/t15-,21+/m1/s1. The summed E-state index contributed by atoms with van der Waals surface area (Å²) in [6, 6.07) is 8.23. The van der Waals surface area contributed by atoms with Gasteiger partial charge in [0.15, 0.2) is 5.43 Å². The van der Waals surface area contributed by atoms with Crippen molar-refractivity contribution >= 4 is 40.1 Å². The molecule has 2 atom stereocenters. The van der Waals surface area contributed by atoms with Crippen LogP contribution in [-0.4, -0.2) is 30.1 Å². The number of amides is 1. The second-order valence-corrected chi connectivity index (χ2v) is 9.09. The summed E-state index contributed by atoms with van der Waals surface area (Å²) in [7, 11) is 0. The molecule has 1 amide bonds. The number of carbonyl (C=O) groups excluding carboxylic acids is 1. The van der Waals surface area contributed by atoms with Crippen LogP contribution in [0.4, 0.5) is 0 Å².